The van der Waals surface area contributed by atoms with Crippen molar-refractivity contribution in [2.75, 3.05) is 5.32 Å². The van der Waals surface area contributed by atoms with Gasteiger partial charge >= 0.3 is 0 Å². The fourth-order valence-corrected chi connectivity index (χ4v) is 5.50. The topological polar surface area (TPSA) is 12.0 Å². The average molecular weight is 403 g/mol. The van der Waals surface area contributed by atoms with Crippen molar-refractivity contribution in [3.63, 3.8) is 0 Å². The van der Waals surface area contributed by atoms with E-state index >= 15 is 0 Å². The number of halogens is 2. The van der Waals surface area contributed by atoms with Crippen LogP contribution in [0.2, 0.25) is 4.34 Å². The second kappa shape index (κ2) is 7.40. The minimum atomic E-state index is 0.811. The van der Waals surface area contributed by atoms with Gasteiger partial charge in [-0.25, -0.2) is 0 Å². The molecule has 3 rings (SSSR count). The van der Waals surface area contributed by atoms with E-state index in [1.54, 1.807) is 11.3 Å². The van der Waals surface area contributed by atoms with Crippen LogP contribution in [-0.2, 0) is 6.54 Å². The van der Waals surface area contributed by atoms with E-state index in [0.717, 1.165) is 26.3 Å². The maximum absolute atomic E-state index is 6.05. The van der Waals surface area contributed by atoms with Gasteiger partial charge in [0.05, 0.1) is 0 Å². The summed E-state index contributed by atoms with van der Waals surface area (Å²) in [4.78, 5) is 2.62. The molecule has 1 aliphatic carbocycles. The normalized spacial score (nSPS) is 15.5. The largest absolute Gasteiger partial charge is 0.380 e. The highest BCUT2D eigenvalue weighted by atomic mass is 79.9. The summed E-state index contributed by atoms with van der Waals surface area (Å²) in [6, 6.07) is 10.9. The van der Waals surface area contributed by atoms with E-state index in [1.165, 1.54) is 35.5 Å². The van der Waals surface area contributed by atoms with Crippen LogP contribution in [0, 0.1) is 0 Å². The lowest BCUT2D eigenvalue weighted by atomic mass is 10.3. The Morgan fingerprint density at radius 1 is 1.24 bits per heavy atom. The number of hydrogen-bond acceptors (Lipinski definition) is 3. The molecule has 1 aromatic heterocycles. The van der Waals surface area contributed by atoms with Gasteiger partial charge in [-0.2, -0.15) is 0 Å². The Bertz CT molecular complexity index is 571. The molecule has 0 aliphatic heterocycles. The molecule has 0 spiro atoms. The first-order valence-corrected chi connectivity index (χ1v) is 10.0. The Labute approximate surface area is 147 Å². The zero-order valence-corrected chi connectivity index (χ0v) is 15.5. The zero-order valence-electron chi connectivity index (χ0n) is 11.6. The summed E-state index contributed by atoms with van der Waals surface area (Å²) in [5.74, 6) is 0. The zero-order chi connectivity index (χ0) is 14.7. The Hall–Kier alpha value is -0.160. The maximum atomic E-state index is 6.05. The van der Waals surface area contributed by atoms with Gasteiger partial charge < -0.3 is 5.32 Å². The van der Waals surface area contributed by atoms with Crippen LogP contribution in [0.1, 0.15) is 30.6 Å². The highest BCUT2D eigenvalue weighted by molar-refractivity contribution is 9.10. The van der Waals surface area contributed by atoms with Gasteiger partial charge in [0.25, 0.3) is 0 Å². The molecular formula is C16H17BrClNS2. The first-order valence-electron chi connectivity index (χ1n) is 7.15. The van der Waals surface area contributed by atoms with E-state index in [4.69, 9.17) is 11.6 Å². The monoisotopic (exact) mass is 401 g/mol. The molecular weight excluding hydrogens is 386 g/mol. The van der Waals surface area contributed by atoms with Crippen molar-refractivity contribution < 1.29 is 0 Å². The quantitative estimate of drug-likeness (QED) is 0.589. The van der Waals surface area contributed by atoms with Crippen molar-refractivity contribution in [3.8, 4) is 0 Å². The van der Waals surface area contributed by atoms with Crippen molar-refractivity contribution >= 4 is 56.3 Å². The lowest BCUT2D eigenvalue weighted by molar-refractivity contribution is 0.886. The molecule has 1 saturated carbocycles. The first-order chi connectivity index (χ1) is 10.2. The molecule has 0 saturated heterocycles. The molecule has 0 atom stereocenters. The van der Waals surface area contributed by atoms with Gasteiger partial charge in [-0.1, -0.05) is 24.4 Å². The SMILES string of the molecule is Clc1sc(CNc2ccc(SC3CCCC3)cc2)cc1Br. The van der Waals surface area contributed by atoms with Crippen LogP contribution in [0.5, 0.6) is 0 Å². The molecule has 112 valence electrons. The molecule has 5 heteroatoms. The van der Waals surface area contributed by atoms with Gasteiger partial charge in [0, 0.05) is 31.7 Å². The second-order valence-electron chi connectivity index (χ2n) is 5.24. The third-order valence-corrected chi connectivity index (χ3v) is 7.45. The lowest BCUT2D eigenvalue weighted by Crippen LogP contribution is -1.97. The average Bonchev–Trinajstić information content (AvgIpc) is 3.09. The molecule has 1 nitrogen and oxygen atoms in total. The van der Waals surface area contributed by atoms with Gasteiger partial charge in [0.1, 0.15) is 4.34 Å². The van der Waals surface area contributed by atoms with Gasteiger partial charge in [-0.3, -0.25) is 0 Å². The van der Waals surface area contributed by atoms with E-state index in [1.807, 2.05) is 11.8 Å². The van der Waals surface area contributed by atoms with Crippen molar-refractivity contribution in [2.24, 2.45) is 0 Å². The van der Waals surface area contributed by atoms with Crippen LogP contribution < -0.4 is 5.32 Å². The number of thiophene rings is 1. The summed E-state index contributed by atoms with van der Waals surface area (Å²) in [6.07, 6.45) is 5.55. The summed E-state index contributed by atoms with van der Waals surface area (Å²) in [5, 5.41) is 4.27. The highest BCUT2D eigenvalue weighted by Crippen LogP contribution is 2.35. The summed E-state index contributed by atoms with van der Waals surface area (Å²) >= 11 is 13.1. The van der Waals surface area contributed by atoms with Crippen LogP contribution >= 0.6 is 50.6 Å². The molecule has 1 fully saturated rings. The Morgan fingerprint density at radius 3 is 2.57 bits per heavy atom. The first kappa shape index (κ1) is 15.7. The van der Waals surface area contributed by atoms with Crippen molar-refractivity contribution in [2.45, 2.75) is 42.4 Å². The molecule has 1 N–H and O–H groups in total. The van der Waals surface area contributed by atoms with Gasteiger partial charge in [-0.05, 0) is 59.1 Å². The molecule has 2 aromatic rings. The molecule has 1 aromatic carbocycles. The molecule has 0 unspecified atom stereocenters. The molecule has 1 aliphatic rings. The van der Waals surface area contributed by atoms with Crippen LogP contribution in [0.3, 0.4) is 0 Å². The maximum Gasteiger partial charge on any atom is 0.107 e. The predicted octanol–water partition coefficient (Wildman–Crippen LogP) is 6.81. The number of nitrogens with one attached hydrogen (secondary N) is 1. The number of anilines is 1. The van der Waals surface area contributed by atoms with Crippen LogP contribution in [0.15, 0.2) is 39.7 Å². The Morgan fingerprint density at radius 2 is 1.95 bits per heavy atom. The summed E-state index contributed by atoms with van der Waals surface area (Å²) in [7, 11) is 0. The highest BCUT2D eigenvalue weighted by Gasteiger charge is 2.15. The fourth-order valence-electron chi connectivity index (χ4n) is 2.52. The Kier molecular flexibility index (Phi) is 5.54. The van der Waals surface area contributed by atoms with E-state index in [0.29, 0.717) is 0 Å². The van der Waals surface area contributed by atoms with Crippen molar-refractivity contribution in [1.29, 1.82) is 0 Å². The third-order valence-electron chi connectivity index (χ3n) is 3.62. The van der Waals surface area contributed by atoms with E-state index in [9.17, 15) is 0 Å². The predicted molar refractivity (Wildman–Crippen MR) is 98.9 cm³/mol. The number of benzene rings is 1. The second-order valence-corrected chi connectivity index (χ2v) is 9.20. The van der Waals surface area contributed by atoms with E-state index in [-0.39, 0.29) is 0 Å². The summed E-state index contributed by atoms with van der Waals surface area (Å²) in [6.45, 7) is 0.811. The summed E-state index contributed by atoms with van der Waals surface area (Å²) in [5.41, 5.74) is 1.16. The molecule has 21 heavy (non-hydrogen) atoms. The van der Waals surface area contributed by atoms with Crippen LogP contribution in [0.25, 0.3) is 0 Å². The van der Waals surface area contributed by atoms with E-state index < -0.39 is 0 Å². The van der Waals surface area contributed by atoms with E-state index in [2.05, 4.69) is 51.6 Å². The van der Waals surface area contributed by atoms with Gasteiger partial charge in [0.15, 0.2) is 0 Å². The van der Waals surface area contributed by atoms with Gasteiger partial charge in [0.2, 0.25) is 0 Å². The smallest absolute Gasteiger partial charge is 0.107 e. The number of rotatable bonds is 5. The van der Waals surface area contributed by atoms with Gasteiger partial charge in [-0.15, -0.1) is 23.1 Å². The number of hydrogen-bond donors (Lipinski definition) is 1. The molecule has 0 bridgehead atoms. The molecule has 0 amide bonds. The molecule has 1 heterocycles. The standard InChI is InChI=1S/C16H17BrClNS2/c17-15-9-14(21-16(15)18)10-19-11-5-7-13(8-6-11)20-12-3-1-2-4-12/h5-9,12,19H,1-4,10H2. The lowest BCUT2D eigenvalue weighted by Gasteiger charge is -2.10. The van der Waals surface area contributed by atoms with Crippen LogP contribution in [0.4, 0.5) is 5.69 Å². The summed E-state index contributed by atoms with van der Waals surface area (Å²) < 4.78 is 1.80. The van der Waals surface area contributed by atoms with Crippen molar-refractivity contribution in [1.82, 2.24) is 0 Å². The minimum Gasteiger partial charge on any atom is -0.380 e. The van der Waals surface area contributed by atoms with Crippen molar-refractivity contribution in [3.05, 3.63) is 44.0 Å². The fraction of sp³-hybridized carbons (Fsp3) is 0.375. The van der Waals surface area contributed by atoms with Crippen LogP contribution in [-0.4, -0.2) is 5.25 Å². The third kappa shape index (κ3) is 4.41. The number of thioether (sulfide) groups is 1. The minimum absolute atomic E-state index is 0.811. The molecule has 0 radical (unpaired) electrons. The Balaban J connectivity index is 1.54.